The maximum Gasteiger partial charge on any atom is 0.490 e. The lowest BCUT2D eigenvalue weighted by molar-refractivity contribution is -0.0503. The van der Waals surface area contributed by atoms with Gasteiger partial charge in [0, 0.05) is 0 Å². The molecule has 42 heteroatoms. The average molecular weight is 1010 g/mol. The summed E-state index contributed by atoms with van der Waals surface area (Å²) >= 11 is 0. The van der Waals surface area contributed by atoms with Gasteiger partial charge in [-0.3, -0.25) is 18.2 Å². The minimum absolute atomic E-state index is 0.0426. The highest BCUT2D eigenvalue weighted by molar-refractivity contribution is 7.67. The summed E-state index contributed by atoms with van der Waals surface area (Å²) in [6.45, 7) is -1.91. The first kappa shape index (κ1) is 50.3. The molecule has 2 saturated heterocycles. The number of nitrogen functional groups attached to an aromatic ring is 2. The summed E-state index contributed by atoms with van der Waals surface area (Å²) < 4.78 is 104. The van der Waals surface area contributed by atoms with E-state index in [1.54, 1.807) is 0 Å². The van der Waals surface area contributed by atoms with Crippen LogP contribution < -0.4 is 11.5 Å². The highest BCUT2D eigenvalue weighted by Gasteiger charge is 2.49. The second-order valence-electron chi connectivity index (χ2n) is 12.0. The molecule has 0 spiro atoms. The predicted octanol–water partition coefficient (Wildman–Crippen LogP) is -3.26. The number of ether oxygens (including phenoxy) is 2. The zero-order valence-electron chi connectivity index (χ0n) is 29.8. The van der Waals surface area contributed by atoms with Crippen molar-refractivity contribution in [3.8, 4) is 0 Å². The molecule has 0 saturated carbocycles. The summed E-state index contributed by atoms with van der Waals surface area (Å²) in [6, 6.07) is 0. The second kappa shape index (κ2) is 18.6. The van der Waals surface area contributed by atoms with Crippen LogP contribution in [0.3, 0.4) is 0 Å². The van der Waals surface area contributed by atoms with Gasteiger partial charge in [0.15, 0.2) is 35.4 Å². The maximum absolute atomic E-state index is 11.8. The van der Waals surface area contributed by atoms with Crippen LogP contribution in [-0.2, 0) is 63.2 Å². The molecule has 0 aliphatic carbocycles. The number of nitrogens with two attached hydrogens (primary N) is 2. The molecule has 62 heavy (non-hydrogen) atoms. The molecule has 4 aromatic rings. The average Bonchev–Trinajstić information content (AvgIpc) is 3.86. The molecule has 4 aromatic heterocycles. The molecule has 16 N–H and O–H groups in total. The number of anilines is 2. The SMILES string of the molecule is Nc1ncnc2c1ncn2[C@@H]1O[C@H](COP(=O)(O)OP(=O)(O)OP(=O)(O)O)[C@@H](O)[C@H]1O.Nc1ncnc2c1ncn2[C@@H]1O[C@H](COP(=O)(O)OP(=O)(O)OP(=O)(O)O)[C@@H](O)[C@H]1O. The molecule has 6 rings (SSSR count). The quantitative estimate of drug-likeness (QED) is 0.0490. The number of rotatable bonds is 16. The molecule has 4 unspecified atom stereocenters. The van der Waals surface area contributed by atoms with Crippen LogP contribution in [0.4, 0.5) is 11.6 Å². The van der Waals surface area contributed by atoms with Gasteiger partial charge in [-0.1, -0.05) is 0 Å². The van der Waals surface area contributed by atoms with E-state index in [-0.39, 0.29) is 34.0 Å². The van der Waals surface area contributed by atoms with Crippen molar-refractivity contribution < 1.29 is 123 Å². The third-order valence-corrected chi connectivity index (χ3v) is 15.2. The Balaban J connectivity index is 0.000000234. The summed E-state index contributed by atoms with van der Waals surface area (Å²) in [7, 11) is -33.4. The van der Waals surface area contributed by atoms with Gasteiger partial charge in [-0.25, -0.2) is 57.3 Å². The van der Waals surface area contributed by atoms with Gasteiger partial charge >= 0.3 is 46.9 Å². The molecule has 0 amide bonds. The van der Waals surface area contributed by atoms with Crippen molar-refractivity contribution in [2.75, 3.05) is 24.7 Å². The Morgan fingerprint density at radius 3 is 1.18 bits per heavy atom. The van der Waals surface area contributed by atoms with E-state index in [0.29, 0.717) is 0 Å². The molecule has 12 atom stereocenters. The highest BCUT2D eigenvalue weighted by atomic mass is 31.3. The van der Waals surface area contributed by atoms with Crippen LogP contribution in [-0.4, -0.2) is 148 Å². The van der Waals surface area contributed by atoms with Crippen LogP contribution in [0.2, 0.25) is 0 Å². The normalized spacial score (nSPS) is 28.5. The minimum atomic E-state index is -5.70. The highest BCUT2D eigenvalue weighted by Crippen LogP contribution is 2.67. The maximum atomic E-state index is 11.8. The topological polar surface area (TPSA) is 558 Å². The van der Waals surface area contributed by atoms with Gasteiger partial charge in [-0.05, 0) is 0 Å². The molecule has 2 aliphatic heterocycles. The fourth-order valence-electron chi connectivity index (χ4n) is 5.25. The number of phosphoric ester groups is 2. The fourth-order valence-corrected chi connectivity index (χ4v) is 11.3. The van der Waals surface area contributed by atoms with Gasteiger partial charge in [-0.2, -0.15) is 17.2 Å². The molecule has 348 valence electrons. The third kappa shape index (κ3) is 12.8. The Morgan fingerprint density at radius 2 is 0.855 bits per heavy atom. The van der Waals surface area contributed by atoms with Crippen LogP contribution in [0.1, 0.15) is 12.5 Å². The molecule has 2 aliphatic rings. The van der Waals surface area contributed by atoms with Crippen molar-refractivity contribution in [2.45, 2.75) is 49.1 Å². The predicted molar refractivity (Wildman–Crippen MR) is 191 cm³/mol. The fraction of sp³-hybridized carbons (Fsp3) is 0.500. The summed E-state index contributed by atoms with van der Waals surface area (Å²) in [5.74, 6) is 0.0852. The van der Waals surface area contributed by atoms with Crippen molar-refractivity contribution in [3.05, 3.63) is 25.3 Å². The van der Waals surface area contributed by atoms with Crippen molar-refractivity contribution in [1.82, 2.24) is 39.0 Å². The van der Waals surface area contributed by atoms with Gasteiger partial charge in [0.2, 0.25) is 0 Å². The lowest BCUT2D eigenvalue weighted by Crippen LogP contribution is -2.33. The number of imidazole rings is 2. The van der Waals surface area contributed by atoms with E-state index in [2.05, 4.69) is 56.2 Å². The zero-order valence-corrected chi connectivity index (χ0v) is 35.2. The van der Waals surface area contributed by atoms with E-state index >= 15 is 0 Å². The number of aromatic nitrogens is 8. The smallest absolute Gasteiger partial charge is 0.387 e. The number of hydrogen-bond acceptors (Lipinski definition) is 26. The molecule has 36 nitrogen and oxygen atoms in total. The van der Waals surface area contributed by atoms with Gasteiger partial charge in [0.1, 0.15) is 60.3 Å². The van der Waals surface area contributed by atoms with E-state index < -0.39 is 109 Å². The zero-order chi connectivity index (χ0) is 46.4. The second-order valence-corrected chi connectivity index (χ2v) is 20.9. The van der Waals surface area contributed by atoms with Gasteiger partial charge in [0.05, 0.1) is 25.9 Å². The largest absolute Gasteiger partial charge is 0.490 e. The van der Waals surface area contributed by atoms with Gasteiger partial charge in [0.25, 0.3) is 0 Å². The monoisotopic (exact) mass is 1010 g/mol. The molecule has 6 heterocycles. The van der Waals surface area contributed by atoms with E-state index in [0.717, 1.165) is 12.7 Å². The Labute approximate surface area is 341 Å². The van der Waals surface area contributed by atoms with Crippen molar-refractivity contribution in [1.29, 1.82) is 0 Å². The Bertz CT molecular complexity index is 2380. The third-order valence-electron chi connectivity index (χ3n) is 7.63. The van der Waals surface area contributed by atoms with Crippen molar-refractivity contribution >= 4 is 80.9 Å². The first-order valence-electron chi connectivity index (χ1n) is 15.8. The van der Waals surface area contributed by atoms with Crippen LogP contribution in [0.15, 0.2) is 25.3 Å². The van der Waals surface area contributed by atoms with Crippen LogP contribution in [0, 0.1) is 0 Å². The summed E-state index contributed by atoms with van der Waals surface area (Å²) in [4.78, 5) is 94.5. The van der Waals surface area contributed by atoms with E-state index in [4.69, 9.17) is 50.3 Å². The van der Waals surface area contributed by atoms with Gasteiger partial charge in [-0.15, -0.1) is 0 Å². The number of fused-ring (bicyclic) bond motifs is 2. The van der Waals surface area contributed by atoms with Crippen LogP contribution in [0.25, 0.3) is 22.3 Å². The van der Waals surface area contributed by atoms with E-state index in [1.807, 2.05) is 0 Å². The lowest BCUT2D eigenvalue weighted by Gasteiger charge is -2.19. The standard InChI is InChI=1S/2C10H16N5O13P3/c2*11-8-5-9(13-2-12-8)15(3-14-5)10-7(17)6(16)4(26-10)1-25-30(21,22)28-31(23,24)27-29(18,19)20/h2*2-4,6-7,10,16-17H,1H2,(H,21,22)(H,23,24)(H2,11,12,13)(H2,18,19,20)/t2*4-,6-,7-,10-/m11/s1. The Morgan fingerprint density at radius 1 is 0.516 bits per heavy atom. The molecular weight excluding hydrogens is 982 g/mol. The molecule has 0 radical (unpaired) electrons. The minimum Gasteiger partial charge on any atom is -0.387 e. The number of hydrogen-bond donors (Lipinski definition) is 14. The van der Waals surface area contributed by atoms with Crippen LogP contribution in [0.5, 0.6) is 0 Å². The number of aliphatic hydroxyl groups excluding tert-OH is 4. The summed E-state index contributed by atoms with van der Waals surface area (Å²) in [5, 5.41) is 40.8. The van der Waals surface area contributed by atoms with Gasteiger partial charge < -0.3 is 80.5 Å². The number of phosphoric acid groups is 6. The van der Waals surface area contributed by atoms with Crippen LogP contribution >= 0.6 is 46.9 Å². The molecular formula is C20H32N10O26P6. The Hall–Kier alpha value is -2.72. The first-order chi connectivity index (χ1) is 28.4. The van der Waals surface area contributed by atoms with E-state index in [1.165, 1.54) is 21.8 Å². The van der Waals surface area contributed by atoms with Crippen molar-refractivity contribution in [2.24, 2.45) is 0 Å². The molecule has 0 bridgehead atoms. The van der Waals surface area contributed by atoms with E-state index in [9.17, 15) is 57.6 Å². The summed E-state index contributed by atoms with van der Waals surface area (Å²) in [5.41, 5.74) is 12.0. The Kier molecular flexibility index (Phi) is 15.1. The molecule has 2 fully saturated rings. The summed E-state index contributed by atoms with van der Waals surface area (Å²) in [6.07, 6.45) is -7.38. The first-order valence-corrected chi connectivity index (χ1v) is 24.9. The number of aliphatic hydroxyl groups is 4. The number of nitrogens with zero attached hydrogens (tertiary/aromatic N) is 8. The lowest BCUT2D eigenvalue weighted by atomic mass is 10.1. The molecule has 0 aromatic carbocycles. The van der Waals surface area contributed by atoms with Crippen molar-refractivity contribution in [3.63, 3.8) is 0 Å².